The highest BCUT2D eigenvalue weighted by atomic mass is 19.1. The largest absolute Gasteiger partial charge is 0.382 e. The van der Waals surface area contributed by atoms with Crippen molar-refractivity contribution < 1.29 is 13.9 Å². The molecule has 1 aliphatic rings. The van der Waals surface area contributed by atoms with Gasteiger partial charge in [-0.3, -0.25) is 9.79 Å². The zero-order chi connectivity index (χ0) is 19.5. The van der Waals surface area contributed by atoms with E-state index >= 15 is 0 Å². The third-order valence-corrected chi connectivity index (χ3v) is 5.02. The number of halogens is 1. The number of benzene rings is 1. The van der Waals surface area contributed by atoms with Crippen LogP contribution >= 0.6 is 0 Å². The van der Waals surface area contributed by atoms with Crippen molar-refractivity contribution in [3.05, 3.63) is 30.1 Å². The van der Waals surface area contributed by atoms with Crippen molar-refractivity contribution in [2.45, 2.75) is 39.0 Å². The average Bonchev–Trinajstić information content (AvgIpc) is 3.11. The van der Waals surface area contributed by atoms with Gasteiger partial charge in [0, 0.05) is 32.5 Å². The van der Waals surface area contributed by atoms with Gasteiger partial charge in [0.05, 0.1) is 6.54 Å². The minimum Gasteiger partial charge on any atom is -0.382 e. The molecule has 1 fully saturated rings. The second-order valence-electron chi connectivity index (χ2n) is 6.99. The van der Waals surface area contributed by atoms with Crippen LogP contribution in [0.15, 0.2) is 29.3 Å². The molecule has 0 radical (unpaired) electrons. The van der Waals surface area contributed by atoms with E-state index in [1.54, 1.807) is 19.2 Å². The summed E-state index contributed by atoms with van der Waals surface area (Å²) in [6.45, 7) is 4.40. The van der Waals surface area contributed by atoms with Gasteiger partial charge in [-0.1, -0.05) is 18.9 Å². The second-order valence-corrected chi connectivity index (χ2v) is 6.99. The van der Waals surface area contributed by atoms with Crippen LogP contribution in [0.1, 0.15) is 39.0 Å². The SMILES string of the molecule is CCOCCC1(CNC(=NC)NCC(=O)Nc2cccc(F)c2)CCCC1. The summed E-state index contributed by atoms with van der Waals surface area (Å²) in [5, 5.41) is 9.03. The van der Waals surface area contributed by atoms with E-state index in [9.17, 15) is 9.18 Å². The first kappa shape index (κ1) is 21.2. The Morgan fingerprint density at radius 2 is 2.07 bits per heavy atom. The Bertz CT molecular complexity index is 630. The molecule has 6 nitrogen and oxygen atoms in total. The van der Waals surface area contributed by atoms with Crippen LogP contribution in [-0.2, 0) is 9.53 Å². The Morgan fingerprint density at radius 1 is 1.30 bits per heavy atom. The van der Waals surface area contributed by atoms with Crippen LogP contribution in [0.3, 0.4) is 0 Å². The Labute approximate surface area is 161 Å². The lowest BCUT2D eigenvalue weighted by Gasteiger charge is -2.30. The zero-order valence-corrected chi connectivity index (χ0v) is 16.3. The predicted octanol–water partition coefficient (Wildman–Crippen LogP) is 2.92. The quantitative estimate of drug-likeness (QED) is 0.351. The van der Waals surface area contributed by atoms with E-state index in [2.05, 4.69) is 20.9 Å². The molecule has 7 heteroatoms. The van der Waals surface area contributed by atoms with Gasteiger partial charge in [0.15, 0.2) is 5.96 Å². The maximum Gasteiger partial charge on any atom is 0.243 e. The average molecular weight is 378 g/mol. The highest BCUT2D eigenvalue weighted by Gasteiger charge is 2.33. The molecule has 150 valence electrons. The van der Waals surface area contributed by atoms with Gasteiger partial charge < -0.3 is 20.7 Å². The number of aliphatic imine (C=N–C) groups is 1. The number of hydrogen-bond acceptors (Lipinski definition) is 3. The molecule has 0 bridgehead atoms. The molecule has 2 rings (SSSR count). The van der Waals surface area contributed by atoms with Crippen LogP contribution in [0.25, 0.3) is 0 Å². The van der Waals surface area contributed by atoms with E-state index in [-0.39, 0.29) is 23.7 Å². The number of nitrogens with one attached hydrogen (secondary N) is 3. The molecule has 0 atom stereocenters. The monoisotopic (exact) mass is 378 g/mol. The maximum atomic E-state index is 13.2. The number of guanidine groups is 1. The van der Waals surface area contributed by atoms with Crippen molar-refractivity contribution in [1.82, 2.24) is 10.6 Å². The Hall–Kier alpha value is -2.15. The van der Waals surface area contributed by atoms with E-state index < -0.39 is 0 Å². The molecule has 27 heavy (non-hydrogen) atoms. The van der Waals surface area contributed by atoms with E-state index in [0.29, 0.717) is 11.6 Å². The van der Waals surface area contributed by atoms with Crippen molar-refractivity contribution in [2.75, 3.05) is 38.7 Å². The summed E-state index contributed by atoms with van der Waals surface area (Å²) in [7, 11) is 1.68. The Morgan fingerprint density at radius 3 is 2.74 bits per heavy atom. The first-order valence-electron chi connectivity index (χ1n) is 9.64. The third kappa shape index (κ3) is 7.17. The molecule has 0 heterocycles. The summed E-state index contributed by atoms with van der Waals surface area (Å²) in [6, 6.07) is 5.83. The molecule has 1 aromatic rings. The molecule has 0 aromatic heterocycles. The second kappa shape index (κ2) is 10.9. The molecule has 3 N–H and O–H groups in total. The summed E-state index contributed by atoms with van der Waals surface area (Å²) < 4.78 is 18.7. The van der Waals surface area contributed by atoms with Crippen molar-refractivity contribution in [2.24, 2.45) is 10.4 Å². The number of amides is 1. The number of carbonyl (C=O) groups excluding carboxylic acids is 1. The van der Waals surface area contributed by atoms with Gasteiger partial charge in [-0.05, 0) is 49.8 Å². The maximum absolute atomic E-state index is 13.2. The van der Waals surface area contributed by atoms with Crippen LogP contribution in [0, 0.1) is 11.2 Å². The van der Waals surface area contributed by atoms with Crippen LogP contribution in [0.2, 0.25) is 0 Å². The van der Waals surface area contributed by atoms with Gasteiger partial charge >= 0.3 is 0 Å². The lowest BCUT2D eigenvalue weighted by Crippen LogP contribution is -2.45. The van der Waals surface area contributed by atoms with Gasteiger partial charge in [-0.2, -0.15) is 0 Å². The molecule has 0 aliphatic heterocycles. The Kier molecular flexibility index (Phi) is 8.51. The first-order valence-corrected chi connectivity index (χ1v) is 9.64. The van der Waals surface area contributed by atoms with Crippen molar-refractivity contribution >= 4 is 17.6 Å². The number of rotatable bonds is 9. The number of anilines is 1. The van der Waals surface area contributed by atoms with Crippen molar-refractivity contribution in [3.63, 3.8) is 0 Å². The van der Waals surface area contributed by atoms with E-state index in [1.165, 1.54) is 37.8 Å². The first-order chi connectivity index (χ1) is 13.1. The fourth-order valence-corrected chi connectivity index (χ4v) is 3.50. The van der Waals surface area contributed by atoms with E-state index in [1.807, 2.05) is 6.92 Å². The molecule has 1 aliphatic carbocycles. The van der Waals surface area contributed by atoms with Crippen LogP contribution in [0.5, 0.6) is 0 Å². The normalized spacial score (nSPS) is 16.2. The van der Waals surface area contributed by atoms with Gasteiger partial charge in [-0.15, -0.1) is 0 Å². The number of ether oxygens (including phenoxy) is 1. The highest BCUT2D eigenvalue weighted by molar-refractivity contribution is 5.94. The molecule has 0 saturated heterocycles. The van der Waals surface area contributed by atoms with Crippen LogP contribution < -0.4 is 16.0 Å². The topological polar surface area (TPSA) is 74.8 Å². The molecule has 1 amide bonds. The van der Waals surface area contributed by atoms with Gasteiger partial charge in [0.1, 0.15) is 5.82 Å². The summed E-state index contributed by atoms with van der Waals surface area (Å²) in [4.78, 5) is 16.2. The fraction of sp³-hybridized carbons (Fsp3) is 0.600. The van der Waals surface area contributed by atoms with E-state index in [0.717, 1.165) is 26.2 Å². The summed E-state index contributed by atoms with van der Waals surface area (Å²) >= 11 is 0. The molecule has 0 unspecified atom stereocenters. The summed E-state index contributed by atoms with van der Waals surface area (Å²) in [5.41, 5.74) is 0.668. The van der Waals surface area contributed by atoms with Gasteiger partial charge in [0.25, 0.3) is 0 Å². The van der Waals surface area contributed by atoms with Crippen molar-refractivity contribution in [3.8, 4) is 0 Å². The van der Waals surface area contributed by atoms with E-state index in [4.69, 9.17) is 4.74 Å². The lowest BCUT2D eigenvalue weighted by atomic mass is 9.83. The fourth-order valence-electron chi connectivity index (χ4n) is 3.50. The summed E-state index contributed by atoms with van der Waals surface area (Å²) in [5.74, 6) is -0.0466. The third-order valence-electron chi connectivity index (χ3n) is 5.02. The minimum absolute atomic E-state index is 0.0577. The standard InChI is InChI=1S/C20H31FN4O2/c1-3-27-12-11-20(9-4-5-10-20)15-24-19(22-2)23-14-18(26)25-17-8-6-7-16(21)13-17/h6-8,13H,3-5,9-12,14-15H2,1-2H3,(H,25,26)(H2,22,23,24). The molecule has 1 saturated carbocycles. The highest BCUT2D eigenvalue weighted by Crippen LogP contribution is 2.40. The molecular formula is C20H31FN4O2. The zero-order valence-electron chi connectivity index (χ0n) is 16.3. The molecular weight excluding hydrogens is 347 g/mol. The molecule has 1 aromatic carbocycles. The van der Waals surface area contributed by atoms with Crippen LogP contribution in [0.4, 0.5) is 10.1 Å². The Balaban J connectivity index is 1.78. The summed E-state index contributed by atoms with van der Waals surface area (Å²) in [6.07, 6.45) is 5.89. The lowest BCUT2D eigenvalue weighted by molar-refractivity contribution is -0.115. The smallest absolute Gasteiger partial charge is 0.243 e. The van der Waals surface area contributed by atoms with Gasteiger partial charge in [0.2, 0.25) is 5.91 Å². The number of nitrogens with zero attached hydrogens (tertiary/aromatic N) is 1. The number of carbonyl (C=O) groups is 1. The predicted molar refractivity (Wildman–Crippen MR) is 106 cm³/mol. The van der Waals surface area contributed by atoms with Crippen molar-refractivity contribution in [1.29, 1.82) is 0 Å². The van der Waals surface area contributed by atoms with Crippen LogP contribution in [-0.4, -0.2) is 45.2 Å². The minimum atomic E-state index is -0.382. The number of hydrogen-bond donors (Lipinski definition) is 3. The van der Waals surface area contributed by atoms with Gasteiger partial charge in [-0.25, -0.2) is 4.39 Å². The molecule has 0 spiro atoms.